The van der Waals surface area contributed by atoms with Gasteiger partial charge in [0, 0.05) is 17.3 Å². The van der Waals surface area contributed by atoms with E-state index in [2.05, 4.69) is 27.8 Å². The number of nitrogen functional groups attached to an aromatic ring is 1. The lowest BCUT2D eigenvalue weighted by molar-refractivity contribution is 0.0968. The van der Waals surface area contributed by atoms with Crippen molar-refractivity contribution in [3.05, 3.63) is 16.7 Å². The minimum Gasteiger partial charge on any atom is -0.474 e. The minimum absolute atomic E-state index is 0.460. The second-order valence-electron chi connectivity index (χ2n) is 3.36. The molecule has 90 valence electrons. The summed E-state index contributed by atoms with van der Waals surface area (Å²) in [5.41, 5.74) is 6.26. The van der Waals surface area contributed by atoms with Gasteiger partial charge < -0.3 is 15.2 Å². The second kappa shape index (κ2) is 7.46. The molecule has 0 amide bonds. The number of unbranched alkanes of at least 4 members (excludes halogenated alkanes) is 1. The summed E-state index contributed by atoms with van der Waals surface area (Å²) in [6.07, 6.45) is 3.88. The average Bonchev–Trinajstić information content (AvgIpc) is 2.26. The first-order chi connectivity index (χ1) is 7.74. The van der Waals surface area contributed by atoms with Crippen molar-refractivity contribution >= 4 is 21.6 Å². The van der Waals surface area contributed by atoms with Crippen LogP contribution in [0.1, 0.15) is 19.8 Å². The van der Waals surface area contributed by atoms with E-state index in [9.17, 15) is 0 Å². The molecule has 1 aromatic rings. The molecule has 0 aliphatic rings. The summed E-state index contributed by atoms with van der Waals surface area (Å²) in [5, 5.41) is 0. The third kappa shape index (κ3) is 4.81. The summed E-state index contributed by atoms with van der Waals surface area (Å²) in [7, 11) is 0. The zero-order valence-corrected chi connectivity index (χ0v) is 11.0. The maximum atomic E-state index is 5.73. The topological polar surface area (TPSA) is 57.4 Å². The van der Waals surface area contributed by atoms with Gasteiger partial charge in [0.25, 0.3) is 0 Å². The number of nitrogens with zero attached hydrogens (tertiary/aromatic N) is 1. The summed E-state index contributed by atoms with van der Waals surface area (Å²) >= 11 is 3.28. The van der Waals surface area contributed by atoms with E-state index in [-0.39, 0.29) is 0 Å². The predicted molar refractivity (Wildman–Crippen MR) is 67.6 cm³/mol. The van der Waals surface area contributed by atoms with Crippen molar-refractivity contribution in [2.45, 2.75) is 19.8 Å². The van der Waals surface area contributed by atoms with Crippen LogP contribution in [0, 0.1) is 0 Å². The Morgan fingerprint density at radius 1 is 1.38 bits per heavy atom. The minimum atomic E-state index is 0.460. The first kappa shape index (κ1) is 13.3. The van der Waals surface area contributed by atoms with E-state index in [4.69, 9.17) is 15.2 Å². The van der Waals surface area contributed by atoms with E-state index >= 15 is 0 Å². The van der Waals surface area contributed by atoms with E-state index < -0.39 is 0 Å². The summed E-state index contributed by atoms with van der Waals surface area (Å²) in [6, 6.07) is 1.76. The molecule has 5 heteroatoms. The number of ether oxygens (including phenoxy) is 2. The standard InChI is InChI=1S/C11H17BrN2O2/c1-2-3-4-15-5-6-16-11-10(13)7-9(12)8-14-11/h7-8H,2-6,13H2,1H3. The highest BCUT2D eigenvalue weighted by Crippen LogP contribution is 2.21. The molecule has 0 fully saturated rings. The lowest BCUT2D eigenvalue weighted by atomic mass is 10.4. The Kier molecular flexibility index (Phi) is 6.18. The van der Waals surface area contributed by atoms with Crippen molar-refractivity contribution in [1.82, 2.24) is 4.98 Å². The van der Waals surface area contributed by atoms with Crippen molar-refractivity contribution in [3.8, 4) is 5.88 Å². The maximum Gasteiger partial charge on any atom is 0.237 e. The van der Waals surface area contributed by atoms with E-state index in [1.165, 1.54) is 0 Å². The number of hydrogen-bond donors (Lipinski definition) is 1. The Bertz CT molecular complexity index is 321. The molecule has 16 heavy (non-hydrogen) atoms. The smallest absolute Gasteiger partial charge is 0.237 e. The van der Waals surface area contributed by atoms with Crippen LogP contribution in [-0.4, -0.2) is 24.8 Å². The highest BCUT2D eigenvalue weighted by molar-refractivity contribution is 9.10. The number of aromatic nitrogens is 1. The normalized spacial score (nSPS) is 10.4. The largest absolute Gasteiger partial charge is 0.474 e. The van der Waals surface area contributed by atoms with Gasteiger partial charge >= 0.3 is 0 Å². The predicted octanol–water partition coefficient (Wildman–Crippen LogP) is 2.62. The molecule has 0 atom stereocenters. The fourth-order valence-electron chi connectivity index (χ4n) is 1.11. The molecule has 0 bridgehead atoms. The van der Waals surface area contributed by atoms with Crippen LogP contribution < -0.4 is 10.5 Å². The van der Waals surface area contributed by atoms with Gasteiger partial charge in [0.2, 0.25) is 5.88 Å². The molecule has 0 aliphatic carbocycles. The molecule has 0 saturated carbocycles. The molecule has 1 rings (SSSR count). The molecule has 1 aromatic heterocycles. The first-order valence-electron chi connectivity index (χ1n) is 5.35. The summed E-state index contributed by atoms with van der Waals surface area (Å²) < 4.78 is 11.6. The lowest BCUT2D eigenvalue weighted by Gasteiger charge is -2.08. The zero-order valence-electron chi connectivity index (χ0n) is 9.41. The van der Waals surface area contributed by atoms with E-state index in [0.717, 1.165) is 23.9 Å². The number of pyridine rings is 1. The first-order valence-corrected chi connectivity index (χ1v) is 6.15. The Balaban J connectivity index is 2.21. The Labute approximate surface area is 104 Å². The highest BCUT2D eigenvalue weighted by Gasteiger charge is 2.02. The van der Waals surface area contributed by atoms with Crippen LogP contribution in [0.5, 0.6) is 5.88 Å². The highest BCUT2D eigenvalue weighted by atomic mass is 79.9. The molecule has 0 aliphatic heterocycles. The fraction of sp³-hybridized carbons (Fsp3) is 0.545. The molecular weight excluding hydrogens is 272 g/mol. The molecule has 0 spiro atoms. The maximum absolute atomic E-state index is 5.73. The van der Waals surface area contributed by atoms with Crippen LogP contribution in [0.3, 0.4) is 0 Å². The van der Waals surface area contributed by atoms with Gasteiger partial charge in [0.1, 0.15) is 6.61 Å². The lowest BCUT2D eigenvalue weighted by Crippen LogP contribution is -2.09. The van der Waals surface area contributed by atoms with E-state index in [1.807, 2.05) is 0 Å². The fourth-order valence-corrected chi connectivity index (χ4v) is 1.46. The van der Waals surface area contributed by atoms with Gasteiger partial charge in [0.05, 0.1) is 12.3 Å². The van der Waals surface area contributed by atoms with Crippen molar-refractivity contribution < 1.29 is 9.47 Å². The van der Waals surface area contributed by atoms with Crippen molar-refractivity contribution in [3.63, 3.8) is 0 Å². The number of halogens is 1. The molecule has 0 unspecified atom stereocenters. The monoisotopic (exact) mass is 288 g/mol. The molecule has 4 nitrogen and oxygen atoms in total. The van der Waals surface area contributed by atoms with Gasteiger partial charge in [-0.25, -0.2) is 4.98 Å². The van der Waals surface area contributed by atoms with E-state index in [1.54, 1.807) is 12.3 Å². The molecule has 1 heterocycles. The molecule has 0 saturated heterocycles. The van der Waals surface area contributed by atoms with Crippen LogP contribution in [0.25, 0.3) is 0 Å². The van der Waals surface area contributed by atoms with Crippen LogP contribution in [0.2, 0.25) is 0 Å². The average molecular weight is 289 g/mol. The van der Waals surface area contributed by atoms with Gasteiger partial charge in [-0.15, -0.1) is 0 Å². The quantitative estimate of drug-likeness (QED) is 0.784. The summed E-state index contributed by atoms with van der Waals surface area (Å²) in [6.45, 7) is 3.95. The van der Waals surface area contributed by atoms with Gasteiger partial charge in [-0.2, -0.15) is 0 Å². The number of rotatable bonds is 7. The van der Waals surface area contributed by atoms with Gasteiger partial charge in [-0.3, -0.25) is 0 Å². The molecule has 2 N–H and O–H groups in total. The summed E-state index contributed by atoms with van der Waals surface area (Å²) in [4.78, 5) is 4.06. The van der Waals surface area contributed by atoms with Gasteiger partial charge in [-0.1, -0.05) is 13.3 Å². The molecule has 0 aromatic carbocycles. The third-order valence-electron chi connectivity index (χ3n) is 1.95. The third-order valence-corrected chi connectivity index (χ3v) is 2.39. The van der Waals surface area contributed by atoms with Crippen molar-refractivity contribution in [2.75, 3.05) is 25.6 Å². The summed E-state index contributed by atoms with van der Waals surface area (Å²) in [5.74, 6) is 0.460. The Morgan fingerprint density at radius 3 is 2.88 bits per heavy atom. The van der Waals surface area contributed by atoms with Crippen LogP contribution in [0.15, 0.2) is 16.7 Å². The SMILES string of the molecule is CCCCOCCOc1ncc(Br)cc1N. The molecule has 0 radical (unpaired) electrons. The number of hydrogen-bond acceptors (Lipinski definition) is 4. The van der Waals surface area contributed by atoms with Crippen LogP contribution in [-0.2, 0) is 4.74 Å². The van der Waals surface area contributed by atoms with Crippen LogP contribution in [0.4, 0.5) is 5.69 Å². The van der Waals surface area contributed by atoms with Gasteiger partial charge in [0.15, 0.2) is 0 Å². The van der Waals surface area contributed by atoms with Gasteiger partial charge in [-0.05, 0) is 28.4 Å². The van der Waals surface area contributed by atoms with Crippen molar-refractivity contribution in [2.24, 2.45) is 0 Å². The Hall–Kier alpha value is -0.810. The van der Waals surface area contributed by atoms with Crippen LogP contribution >= 0.6 is 15.9 Å². The van der Waals surface area contributed by atoms with Crippen molar-refractivity contribution in [1.29, 1.82) is 0 Å². The number of anilines is 1. The second-order valence-corrected chi connectivity index (χ2v) is 4.28. The Morgan fingerprint density at radius 2 is 2.19 bits per heavy atom. The van der Waals surface area contributed by atoms with E-state index in [0.29, 0.717) is 24.8 Å². The zero-order chi connectivity index (χ0) is 11.8. The number of nitrogens with two attached hydrogens (primary N) is 1. The molecular formula is C11H17BrN2O2.